The van der Waals surface area contributed by atoms with Crippen LogP contribution >= 0.6 is 11.3 Å². The van der Waals surface area contributed by atoms with Crippen molar-refractivity contribution in [3.8, 4) is 0 Å². The van der Waals surface area contributed by atoms with E-state index in [-0.39, 0.29) is 6.04 Å². The van der Waals surface area contributed by atoms with Gasteiger partial charge in [0.25, 0.3) is 0 Å². The number of hydrogen-bond donors (Lipinski definition) is 1. The van der Waals surface area contributed by atoms with Crippen molar-refractivity contribution in [3.05, 3.63) is 29.3 Å². The average Bonchev–Trinajstić information content (AvgIpc) is 2.78. The minimum atomic E-state index is 0.0873. The number of nitrogens with one attached hydrogen (secondary N) is 1. The molecule has 0 aliphatic carbocycles. The summed E-state index contributed by atoms with van der Waals surface area (Å²) in [6.45, 7) is 3.15. The average molecular weight is 252 g/mol. The van der Waals surface area contributed by atoms with Crippen molar-refractivity contribution in [2.75, 3.05) is 20.3 Å². The van der Waals surface area contributed by atoms with Crippen molar-refractivity contribution in [3.63, 3.8) is 0 Å². The molecule has 0 amide bonds. The Hall–Kier alpha value is -1.01. The lowest BCUT2D eigenvalue weighted by molar-refractivity contribution is -0.00924. The Morgan fingerprint density at radius 3 is 2.94 bits per heavy atom. The van der Waals surface area contributed by atoms with Gasteiger partial charge in [0.1, 0.15) is 5.01 Å². The van der Waals surface area contributed by atoms with Crippen LogP contribution in [0.15, 0.2) is 24.3 Å². The standard InChI is InChI=1S/C12H16N2O2S/c1-9(14-16-8-7-15-2)12-13-10-5-3-4-6-11(10)17-12/h3-6,9,14H,7-8H2,1-2H3. The monoisotopic (exact) mass is 252 g/mol. The molecule has 1 aromatic carbocycles. The van der Waals surface area contributed by atoms with E-state index >= 15 is 0 Å². The first-order valence-corrected chi connectivity index (χ1v) is 6.34. The van der Waals surface area contributed by atoms with Crippen molar-refractivity contribution in [1.29, 1.82) is 0 Å². The SMILES string of the molecule is COCCONC(C)c1nc2ccccc2s1. The van der Waals surface area contributed by atoms with Crippen molar-refractivity contribution < 1.29 is 9.57 Å². The Balaban J connectivity index is 1.96. The van der Waals surface area contributed by atoms with Gasteiger partial charge in [-0.15, -0.1) is 11.3 Å². The second-order valence-corrected chi connectivity index (χ2v) is 4.76. The summed E-state index contributed by atoms with van der Waals surface area (Å²) >= 11 is 1.68. The number of hydroxylamine groups is 1. The van der Waals surface area contributed by atoms with E-state index in [1.165, 1.54) is 4.70 Å². The van der Waals surface area contributed by atoms with E-state index in [4.69, 9.17) is 9.57 Å². The number of fused-ring (bicyclic) bond motifs is 1. The van der Waals surface area contributed by atoms with Gasteiger partial charge in [0.15, 0.2) is 0 Å². The van der Waals surface area contributed by atoms with Gasteiger partial charge in [0.2, 0.25) is 0 Å². The molecule has 0 radical (unpaired) electrons. The maximum atomic E-state index is 5.28. The van der Waals surface area contributed by atoms with E-state index < -0.39 is 0 Å². The molecule has 1 heterocycles. The highest BCUT2D eigenvalue weighted by atomic mass is 32.1. The minimum Gasteiger partial charge on any atom is -0.382 e. The van der Waals surface area contributed by atoms with E-state index in [1.807, 2.05) is 25.1 Å². The number of thiazole rings is 1. The smallest absolute Gasteiger partial charge is 0.113 e. The van der Waals surface area contributed by atoms with Gasteiger partial charge in [0, 0.05) is 7.11 Å². The van der Waals surface area contributed by atoms with Gasteiger partial charge in [-0.1, -0.05) is 12.1 Å². The van der Waals surface area contributed by atoms with Crippen molar-refractivity contribution in [1.82, 2.24) is 10.5 Å². The molecular weight excluding hydrogens is 236 g/mol. The fraction of sp³-hybridized carbons (Fsp3) is 0.417. The maximum Gasteiger partial charge on any atom is 0.113 e. The third kappa shape index (κ3) is 3.23. The lowest BCUT2D eigenvalue weighted by Gasteiger charge is -2.10. The van der Waals surface area contributed by atoms with Crippen LogP contribution in [0.25, 0.3) is 10.2 Å². The zero-order chi connectivity index (χ0) is 12.1. The lowest BCUT2D eigenvalue weighted by atomic mass is 10.3. The molecule has 0 aliphatic rings. The molecule has 0 aliphatic heterocycles. The molecule has 17 heavy (non-hydrogen) atoms. The summed E-state index contributed by atoms with van der Waals surface area (Å²) in [5.74, 6) is 0. The lowest BCUT2D eigenvalue weighted by Crippen LogP contribution is -2.21. The van der Waals surface area contributed by atoms with Crippen LogP contribution in [0.1, 0.15) is 18.0 Å². The zero-order valence-electron chi connectivity index (χ0n) is 9.97. The van der Waals surface area contributed by atoms with Crippen molar-refractivity contribution in [2.24, 2.45) is 0 Å². The van der Waals surface area contributed by atoms with Crippen LogP contribution in [-0.2, 0) is 9.57 Å². The number of rotatable bonds is 6. The molecule has 0 saturated heterocycles. The molecule has 0 fully saturated rings. The minimum absolute atomic E-state index is 0.0873. The quantitative estimate of drug-likeness (QED) is 0.634. The molecule has 0 saturated carbocycles. The first kappa shape index (κ1) is 12.4. The Morgan fingerprint density at radius 1 is 1.35 bits per heavy atom. The number of hydrogen-bond acceptors (Lipinski definition) is 5. The topological polar surface area (TPSA) is 43.4 Å². The van der Waals surface area contributed by atoms with E-state index in [2.05, 4.69) is 16.5 Å². The molecule has 2 rings (SSSR count). The maximum absolute atomic E-state index is 5.28. The Kier molecular flexibility index (Phi) is 4.44. The second-order valence-electron chi connectivity index (χ2n) is 3.70. The number of methoxy groups -OCH3 is 1. The third-order valence-electron chi connectivity index (χ3n) is 2.33. The molecule has 92 valence electrons. The van der Waals surface area contributed by atoms with Gasteiger partial charge < -0.3 is 4.74 Å². The Labute approximate surface area is 105 Å². The van der Waals surface area contributed by atoms with E-state index in [9.17, 15) is 0 Å². The van der Waals surface area contributed by atoms with Gasteiger partial charge >= 0.3 is 0 Å². The van der Waals surface area contributed by atoms with Crippen LogP contribution in [0.3, 0.4) is 0 Å². The van der Waals surface area contributed by atoms with Gasteiger partial charge in [-0.25, -0.2) is 4.98 Å². The summed E-state index contributed by atoms with van der Waals surface area (Å²) in [6, 6.07) is 8.21. The Morgan fingerprint density at radius 2 is 2.18 bits per heavy atom. The van der Waals surface area contributed by atoms with E-state index in [0.29, 0.717) is 13.2 Å². The van der Waals surface area contributed by atoms with Crippen LogP contribution < -0.4 is 5.48 Å². The number of ether oxygens (including phenoxy) is 1. The summed E-state index contributed by atoms with van der Waals surface area (Å²) in [4.78, 5) is 9.83. The van der Waals surface area contributed by atoms with Gasteiger partial charge in [-0.2, -0.15) is 5.48 Å². The number of para-hydroxylation sites is 1. The van der Waals surface area contributed by atoms with Crippen molar-refractivity contribution in [2.45, 2.75) is 13.0 Å². The van der Waals surface area contributed by atoms with Crippen LogP contribution in [0, 0.1) is 0 Å². The normalized spacial score (nSPS) is 13.1. The summed E-state index contributed by atoms with van der Waals surface area (Å²) in [7, 11) is 1.65. The first-order chi connectivity index (χ1) is 8.31. The molecule has 1 aromatic heterocycles. The van der Waals surface area contributed by atoms with Crippen LogP contribution in [0.5, 0.6) is 0 Å². The fourth-order valence-electron chi connectivity index (χ4n) is 1.43. The fourth-order valence-corrected chi connectivity index (χ4v) is 2.39. The molecule has 0 bridgehead atoms. The first-order valence-electron chi connectivity index (χ1n) is 5.53. The summed E-state index contributed by atoms with van der Waals surface area (Å²) in [6.07, 6.45) is 0. The van der Waals surface area contributed by atoms with Crippen LogP contribution in [0.4, 0.5) is 0 Å². The van der Waals surface area contributed by atoms with Crippen LogP contribution in [-0.4, -0.2) is 25.3 Å². The highest BCUT2D eigenvalue weighted by Crippen LogP contribution is 2.25. The molecule has 5 heteroatoms. The molecule has 1 N–H and O–H groups in total. The summed E-state index contributed by atoms with van der Waals surface area (Å²) in [5, 5.41) is 1.03. The second kappa shape index (κ2) is 6.07. The number of nitrogens with zero attached hydrogens (tertiary/aromatic N) is 1. The highest BCUT2D eigenvalue weighted by Gasteiger charge is 2.10. The van der Waals surface area contributed by atoms with Crippen molar-refractivity contribution >= 4 is 21.6 Å². The summed E-state index contributed by atoms with van der Waals surface area (Å²) in [5.41, 5.74) is 4.00. The number of benzene rings is 1. The van der Waals surface area contributed by atoms with Gasteiger partial charge in [-0.3, -0.25) is 4.84 Å². The molecule has 1 unspecified atom stereocenters. The van der Waals surface area contributed by atoms with Gasteiger partial charge in [0.05, 0.1) is 29.5 Å². The molecule has 2 aromatic rings. The zero-order valence-corrected chi connectivity index (χ0v) is 10.8. The van der Waals surface area contributed by atoms with Crippen LogP contribution in [0.2, 0.25) is 0 Å². The Bertz CT molecular complexity index is 439. The molecule has 1 atom stereocenters. The highest BCUT2D eigenvalue weighted by molar-refractivity contribution is 7.18. The molecule has 4 nitrogen and oxygen atoms in total. The third-order valence-corrected chi connectivity index (χ3v) is 3.55. The molecular formula is C12H16N2O2S. The summed E-state index contributed by atoms with van der Waals surface area (Å²) < 4.78 is 6.10. The van der Waals surface area contributed by atoms with E-state index in [1.54, 1.807) is 18.4 Å². The molecule has 0 spiro atoms. The predicted molar refractivity (Wildman–Crippen MR) is 69.0 cm³/mol. The van der Waals surface area contributed by atoms with E-state index in [0.717, 1.165) is 10.5 Å². The number of aromatic nitrogens is 1. The largest absolute Gasteiger partial charge is 0.382 e. The van der Waals surface area contributed by atoms with Gasteiger partial charge in [-0.05, 0) is 19.1 Å². The predicted octanol–water partition coefficient (Wildman–Crippen LogP) is 2.52.